The molecule has 2 aromatic rings. The van der Waals surface area contributed by atoms with Gasteiger partial charge < -0.3 is 0 Å². The molecular formula is C8H7ClN4. The zero-order chi connectivity index (χ0) is 9.26. The summed E-state index contributed by atoms with van der Waals surface area (Å²) in [5, 5.41) is 4.55. The van der Waals surface area contributed by atoms with Crippen molar-refractivity contribution in [3.63, 3.8) is 0 Å². The van der Waals surface area contributed by atoms with Crippen molar-refractivity contribution in [3.8, 4) is 5.69 Å². The number of halogens is 1. The molecule has 0 fully saturated rings. The maximum absolute atomic E-state index is 5.87. The summed E-state index contributed by atoms with van der Waals surface area (Å²) < 4.78 is 1.60. The average molecular weight is 195 g/mol. The average Bonchev–Trinajstić information content (AvgIpc) is 2.53. The van der Waals surface area contributed by atoms with E-state index in [0.29, 0.717) is 11.0 Å². The Morgan fingerprint density at radius 3 is 2.85 bits per heavy atom. The smallest absolute Gasteiger partial charge is 0.154 e. The van der Waals surface area contributed by atoms with Crippen LogP contribution < -0.4 is 0 Å². The largest absolute Gasteiger partial charge is 0.242 e. The van der Waals surface area contributed by atoms with E-state index < -0.39 is 0 Å². The zero-order valence-electron chi connectivity index (χ0n) is 6.98. The van der Waals surface area contributed by atoms with Crippen LogP contribution in [-0.4, -0.2) is 19.7 Å². The van der Waals surface area contributed by atoms with E-state index in [0.717, 1.165) is 5.69 Å². The normalized spacial score (nSPS) is 10.3. The number of hydrogen-bond acceptors (Lipinski definition) is 3. The van der Waals surface area contributed by atoms with E-state index in [4.69, 9.17) is 11.6 Å². The maximum atomic E-state index is 5.87. The Morgan fingerprint density at radius 2 is 2.23 bits per heavy atom. The Balaban J connectivity index is 2.52. The third-order valence-electron chi connectivity index (χ3n) is 1.59. The molecule has 13 heavy (non-hydrogen) atoms. The highest BCUT2D eigenvalue weighted by Crippen LogP contribution is 2.15. The van der Waals surface area contributed by atoms with Crippen LogP contribution >= 0.6 is 11.6 Å². The number of aryl methyl sites for hydroxylation is 1. The molecule has 2 aromatic heterocycles. The van der Waals surface area contributed by atoms with E-state index in [1.165, 1.54) is 0 Å². The van der Waals surface area contributed by atoms with Crippen LogP contribution in [0, 0.1) is 6.92 Å². The van der Waals surface area contributed by atoms with Gasteiger partial charge in [0.1, 0.15) is 17.8 Å². The fraction of sp³-hybridized carbons (Fsp3) is 0.125. The Bertz CT molecular complexity index is 424. The first-order valence-electron chi connectivity index (χ1n) is 3.76. The highest BCUT2D eigenvalue weighted by Gasteiger charge is 2.03. The Kier molecular flexibility index (Phi) is 1.98. The number of hydrogen-bond donors (Lipinski definition) is 0. The second-order valence-corrected chi connectivity index (χ2v) is 2.91. The lowest BCUT2D eigenvalue weighted by Crippen LogP contribution is -1.96. The van der Waals surface area contributed by atoms with Gasteiger partial charge in [0.25, 0.3) is 0 Å². The predicted molar refractivity (Wildman–Crippen MR) is 48.9 cm³/mol. The molecule has 66 valence electrons. The maximum Gasteiger partial charge on any atom is 0.154 e. The Hall–Kier alpha value is -1.42. The van der Waals surface area contributed by atoms with Gasteiger partial charge in [0.2, 0.25) is 0 Å². The summed E-state index contributed by atoms with van der Waals surface area (Å²) in [6, 6.07) is 3.64. The van der Waals surface area contributed by atoms with Crippen LogP contribution in [0.3, 0.4) is 0 Å². The van der Waals surface area contributed by atoms with Crippen LogP contribution in [-0.2, 0) is 0 Å². The summed E-state index contributed by atoms with van der Waals surface area (Å²) in [6.07, 6.45) is 3.24. The van der Waals surface area contributed by atoms with Crippen molar-refractivity contribution in [1.29, 1.82) is 0 Å². The standard InChI is InChI=1S/C8H7ClN4/c1-6-11-5-13(12-6)7-3-2-4-10-8(7)9/h2-5H,1H3. The van der Waals surface area contributed by atoms with Gasteiger partial charge in [-0.05, 0) is 19.1 Å². The molecule has 0 radical (unpaired) electrons. The molecule has 5 heteroatoms. The number of aromatic nitrogens is 4. The summed E-state index contributed by atoms with van der Waals surface area (Å²) in [4.78, 5) is 7.94. The lowest BCUT2D eigenvalue weighted by Gasteiger charge is -2.00. The molecule has 0 bridgehead atoms. The molecule has 0 unspecified atom stereocenters. The molecule has 0 N–H and O–H groups in total. The van der Waals surface area contributed by atoms with E-state index in [2.05, 4.69) is 15.1 Å². The molecule has 0 spiro atoms. The minimum atomic E-state index is 0.424. The molecule has 0 saturated heterocycles. The second-order valence-electron chi connectivity index (χ2n) is 2.55. The lowest BCUT2D eigenvalue weighted by atomic mass is 10.4. The van der Waals surface area contributed by atoms with E-state index in [-0.39, 0.29) is 0 Å². The van der Waals surface area contributed by atoms with Crippen LogP contribution in [0.5, 0.6) is 0 Å². The summed E-state index contributed by atoms with van der Waals surface area (Å²) in [6.45, 7) is 1.82. The minimum absolute atomic E-state index is 0.424. The first-order valence-corrected chi connectivity index (χ1v) is 4.14. The van der Waals surface area contributed by atoms with Gasteiger partial charge >= 0.3 is 0 Å². The van der Waals surface area contributed by atoms with Gasteiger partial charge in [0.05, 0.1) is 0 Å². The number of pyridine rings is 1. The quantitative estimate of drug-likeness (QED) is 0.648. The summed E-state index contributed by atoms with van der Waals surface area (Å²) in [5.74, 6) is 0.708. The first kappa shape index (κ1) is 8.19. The van der Waals surface area contributed by atoms with Gasteiger partial charge in [-0.1, -0.05) is 11.6 Å². The van der Waals surface area contributed by atoms with E-state index in [1.54, 1.807) is 23.3 Å². The molecule has 0 aliphatic carbocycles. The molecule has 0 aliphatic rings. The summed E-state index contributed by atoms with van der Waals surface area (Å²) in [5.41, 5.74) is 0.741. The van der Waals surface area contributed by atoms with Crippen molar-refractivity contribution >= 4 is 11.6 Å². The summed E-state index contributed by atoms with van der Waals surface area (Å²) >= 11 is 5.87. The van der Waals surface area contributed by atoms with Gasteiger partial charge in [0.15, 0.2) is 5.15 Å². The van der Waals surface area contributed by atoms with Gasteiger partial charge in [-0.3, -0.25) is 0 Å². The van der Waals surface area contributed by atoms with Crippen molar-refractivity contribution < 1.29 is 0 Å². The minimum Gasteiger partial charge on any atom is -0.242 e. The van der Waals surface area contributed by atoms with Gasteiger partial charge in [0, 0.05) is 6.20 Å². The molecule has 2 heterocycles. The molecular weight excluding hydrogens is 188 g/mol. The lowest BCUT2D eigenvalue weighted by molar-refractivity contribution is 0.857. The highest BCUT2D eigenvalue weighted by atomic mass is 35.5. The van der Waals surface area contributed by atoms with Gasteiger partial charge in [-0.25, -0.2) is 14.6 Å². The molecule has 0 aromatic carbocycles. The number of rotatable bonds is 1. The topological polar surface area (TPSA) is 43.6 Å². The first-order chi connectivity index (χ1) is 6.27. The third kappa shape index (κ3) is 1.53. The van der Waals surface area contributed by atoms with Crippen LogP contribution in [0.15, 0.2) is 24.7 Å². The van der Waals surface area contributed by atoms with E-state index in [9.17, 15) is 0 Å². The molecule has 0 aliphatic heterocycles. The Morgan fingerprint density at radius 1 is 1.38 bits per heavy atom. The fourth-order valence-electron chi connectivity index (χ4n) is 1.01. The van der Waals surface area contributed by atoms with Gasteiger partial charge in [-0.15, -0.1) is 0 Å². The van der Waals surface area contributed by atoms with Crippen LogP contribution in [0.25, 0.3) is 5.69 Å². The predicted octanol–water partition coefficient (Wildman–Crippen LogP) is 1.62. The Labute approximate surface area is 80.2 Å². The third-order valence-corrected chi connectivity index (χ3v) is 1.88. The molecule has 0 amide bonds. The van der Waals surface area contributed by atoms with E-state index >= 15 is 0 Å². The fourth-order valence-corrected chi connectivity index (χ4v) is 1.22. The van der Waals surface area contributed by atoms with Crippen LogP contribution in [0.1, 0.15) is 5.82 Å². The number of nitrogens with zero attached hydrogens (tertiary/aromatic N) is 4. The van der Waals surface area contributed by atoms with Crippen molar-refractivity contribution in [1.82, 2.24) is 19.7 Å². The van der Waals surface area contributed by atoms with Crippen molar-refractivity contribution in [2.45, 2.75) is 6.92 Å². The monoisotopic (exact) mass is 194 g/mol. The van der Waals surface area contributed by atoms with Crippen LogP contribution in [0.2, 0.25) is 5.15 Å². The summed E-state index contributed by atoms with van der Waals surface area (Å²) in [7, 11) is 0. The van der Waals surface area contributed by atoms with Crippen molar-refractivity contribution in [2.24, 2.45) is 0 Å². The van der Waals surface area contributed by atoms with Gasteiger partial charge in [-0.2, -0.15) is 5.10 Å². The zero-order valence-corrected chi connectivity index (χ0v) is 7.73. The van der Waals surface area contributed by atoms with Crippen molar-refractivity contribution in [3.05, 3.63) is 35.6 Å². The van der Waals surface area contributed by atoms with Crippen LogP contribution in [0.4, 0.5) is 0 Å². The molecule has 0 saturated carbocycles. The second kappa shape index (κ2) is 3.14. The molecule has 2 rings (SSSR count). The highest BCUT2D eigenvalue weighted by molar-refractivity contribution is 6.31. The molecule has 0 atom stereocenters. The van der Waals surface area contributed by atoms with Crippen molar-refractivity contribution in [2.75, 3.05) is 0 Å². The SMILES string of the molecule is Cc1ncn(-c2cccnc2Cl)n1. The molecule has 4 nitrogen and oxygen atoms in total. The van der Waals surface area contributed by atoms with E-state index in [1.807, 2.05) is 13.0 Å².